The fourth-order valence-corrected chi connectivity index (χ4v) is 3.65. The molecule has 1 aromatic carbocycles. The third-order valence-electron chi connectivity index (χ3n) is 5.21. The molecule has 0 N–H and O–H groups in total. The molecule has 1 aliphatic heterocycles. The van der Waals surface area contributed by atoms with Crippen LogP contribution < -0.4 is 4.90 Å². The van der Waals surface area contributed by atoms with Crippen molar-refractivity contribution in [1.82, 2.24) is 19.5 Å². The quantitative estimate of drug-likeness (QED) is 0.718. The number of benzene rings is 1. The minimum absolute atomic E-state index is 0.197. The molecule has 27 heavy (non-hydrogen) atoms. The maximum Gasteiger partial charge on any atom is 0.231 e. The Labute approximate surface area is 159 Å². The molecule has 0 radical (unpaired) electrons. The van der Waals surface area contributed by atoms with Crippen LogP contribution in [-0.4, -0.2) is 51.6 Å². The fraction of sp³-hybridized carbons (Fsp3) is 0.381. The second-order valence-electron chi connectivity index (χ2n) is 7.24. The Morgan fingerprint density at radius 3 is 2.59 bits per heavy atom. The van der Waals surface area contributed by atoms with Crippen LogP contribution in [0.2, 0.25) is 0 Å². The van der Waals surface area contributed by atoms with Gasteiger partial charge < -0.3 is 9.80 Å². The van der Waals surface area contributed by atoms with Crippen LogP contribution in [0.15, 0.2) is 42.5 Å². The Morgan fingerprint density at radius 2 is 1.78 bits per heavy atom. The lowest BCUT2D eigenvalue weighted by atomic mass is 10.1. The van der Waals surface area contributed by atoms with Crippen LogP contribution >= 0.6 is 0 Å². The summed E-state index contributed by atoms with van der Waals surface area (Å²) in [6, 6.07) is 14.2. The standard InChI is InChI=1S/C21H25N5O/c1-16-7-9-18(10-8-16)15-20(27)24-11-4-12-25(14-13-24)21-23-22-19-6-3-5-17(2)26(19)21/h3,5-10H,4,11-15H2,1-2H3. The van der Waals surface area contributed by atoms with Crippen molar-refractivity contribution in [3.05, 3.63) is 59.3 Å². The van der Waals surface area contributed by atoms with E-state index in [2.05, 4.69) is 51.5 Å². The topological polar surface area (TPSA) is 53.7 Å². The molecule has 0 atom stereocenters. The van der Waals surface area contributed by atoms with Gasteiger partial charge in [0, 0.05) is 31.9 Å². The van der Waals surface area contributed by atoms with Crippen LogP contribution in [0.4, 0.5) is 5.95 Å². The fourth-order valence-electron chi connectivity index (χ4n) is 3.65. The average Bonchev–Trinajstić information content (AvgIpc) is 2.95. The van der Waals surface area contributed by atoms with Crippen molar-refractivity contribution < 1.29 is 4.79 Å². The van der Waals surface area contributed by atoms with Crippen molar-refractivity contribution >= 4 is 17.5 Å². The van der Waals surface area contributed by atoms with Crippen LogP contribution in [0.3, 0.4) is 0 Å². The SMILES string of the molecule is Cc1ccc(CC(=O)N2CCCN(c3nnc4cccc(C)n34)CC2)cc1. The van der Waals surface area contributed by atoms with Gasteiger partial charge in [0.1, 0.15) is 0 Å². The van der Waals surface area contributed by atoms with E-state index in [0.717, 1.165) is 48.9 Å². The van der Waals surface area contributed by atoms with Crippen molar-refractivity contribution in [2.45, 2.75) is 26.7 Å². The molecule has 2 aromatic heterocycles. The molecule has 140 valence electrons. The molecule has 1 saturated heterocycles. The van der Waals surface area contributed by atoms with Gasteiger partial charge in [-0.1, -0.05) is 35.9 Å². The van der Waals surface area contributed by atoms with Crippen molar-refractivity contribution in [1.29, 1.82) is 0 Å². The van der Waals surface area contributed by atoms with Crippen LogP contribution in [-0.2, 0) is 11.2 Å². The summed E-state index contributed by atoms with van der Waals surface area (Å²) in [7, 11) is 0. The molecule has 0 spiro atoms. The highest BCUT2D eigenvalue weighted by Crippen LogP contribution is 2.18. The highest BCUT2D eigenvalue weighted by Gasteiger charge is 2.22. The second kappa shape index (κ2) is 7.39. The largest absolute Gasteiger partial charge is 0.341 e. The Kier molecular flexibility index (Phi) is 4.79. The third-order valence-corrected chi connectivity index (χ3v) is 5.21. The molecule has 6 nitrogen and oxygen atoms in total. The number of amides is 1. The van der Waals surface area contributed by atoms with E-state index in [0.29, 0.717) is 13.0 Å². The minimum Gasteiger partial charge on any atom is -0.341 e. The van der Waals surface area contributed by atoms with E-state index in [1.807, 2.05) is 29.2 Å². The molecule has 0 saturated carbocycles. The van der Waals surface area contributed by atoms with Gasteiger partial charge in [-0.25, -0.2) is 0 Å². The van der Waals surface area contributed by atoms with Gasteiger partial charge in [0.25, 0.3) is 0 Å². The highest BCUT2D eigenvalue weighted by molar-refractivity contribution is 5.79. The van der Waals surface area contributed by atoms with E-state index in [1.54, 1.807) is 0 Å². The molecule has 1 amide bonds. The molecule has 0 aliphatic carbocycles. The molecule has 4 rings (SSSR count). The summed E-state index contributed by atoms with van der Waals surface area (Å²) in [6.45, 7) is 7.28. The number of carbonyl (C=O) groups excluding carboxylic acids is 1. The first-order chi connectivity index (χ1) is 13.1. The minimum atomic E-state index is 0.197. The van der Waals surface area contributed by atoms with Gasteiger partial charge in [-0.05, 0) is 38.0 Å². The zero-order chi connectivity index (χ0) is 18.8. The third kappa shape index (κ3) is 3.65. The van der Waals surface area contributed by atoms with Crippen LogP contribution in [0.5, 0.6) is 0 Å². The van der Waals surface area contributed by atoms with E-state index in [1.165, 1.54) is 5.56 Å². The van der Waals surface area contributed by atoms with E-state index in [4.69, 9.17) is 0 Å². The van der Waals surface area contributed by atoms with Crippen LogP contribution in [0.25, 0.3) is 5.65 Å². The summed E-state index contributed by atoms with van der Waals surface area (Å²) in [6.07, 6.45) is 1.40. The van der Waals surface area contributed by atoms with Gasteiger partial charge in [-0.3, -0.25) is 9.20 Å². The van der Waals surface area contributed by atoms with Gasteiger partial charge in [-0.2, -0.15) is 0 Å². The van der Waals surface area contributed by atoms with Gasteiger partial charge in [0.2, 0.25) is 11.9 Å². The lowest BCUT2D eigenvalue weighted by molar-refractivity contribution is -0.130. The first-order valence-corrected chi connectivity index (χ1v) is 9.51. The predicted octanol–water partition coefficient (Wildman–Crippen LogP) is 2.63. The molecular weight excluding hydrogens is 338 g/mol. The van der Waals surface area contributed by atoms with Crippen molar-refractivity contribution in [3.8, 4) is 0 Å². The number of pyridine rings is 1. The maximum atomic E-state index is 12.7. The molecule has 3 aromatic rings. The maximum absolute atomic E-state index is 12.7. The summed E-state index contributed by atoms with van der Waals surface area (Å²) in [4.78, 5) is 17.0. The van der Waals surface area contributed by atoms with Crippen LogP contribution in [0, 0.1) is 13.8 Å². The molecule has 1 aliphatic rings. The van der Waals surface area contributed by atoms with Crippen molar-refractivity contribution in [2.75, 3.05) is 31.1 Å². The first-order valence-electron chi connectivity index (χ1n) is 9.51. The summed E-state index contributed by atoms with van der Waals surface area (Å²) in [5.74, 6) is 1.07. The summed E-state index contributed by atoms with van der Waals surface area (Å²) >= 11 is 0. The number of aromatic nitrogens is 3. The van der Waals surface area contributed by atoms with Crippen LogP contribution in [0.1, 0.15) is 23.2 Å². The van der Waals surface area contributed by atoms with Crippen molar-refractivity contribution in [2.24, 2.45) is 0 Å². The number of hydrogen-bond acceptors (Lipinski definition) is 4. The second-order valence-corrected chi connectivity index (χ2v) is 7.24. The average molecular weight is 363 g/mol. The predicted molar refractivity (Wildman–Crippen MR) is 106 cm³/mol. The lowest BCUT2D eigenvalue weighted by Crippen LogP contribution is -2.36. The Morgan fingerprint density at radius 1 is 0.963 bits per heavy atom. The van der Waals surface area contributed by atoms with Gasteiger partial charge >= 0.3 is 0 Å². The monoisotopic (exact) mass is 363 g/mol. The van der Waals surface area contributed by atoms with E-state index >= 15 is 0 Å². The Hall–Kier alpha value is -2.89. The summed E-state index contributed by atoms with van der Waals surface area (Å²) < 4.78 is 2.09. The molecule has 0 unspecified atom stereocenters. The van der Waals surface area contributed by atoms with Gasteiger partial charge in [0.15, 0.2) is 5.65 Å². The Balaban J connectivity index is 1.45. The van der Waals surface area contributed by atoms with Gasteiger partial charge in [0.05, 0.1) is 6.42 Å². The molecule has 6 heteroatoms. The number of hydrogen-bond donors (Lipinski definition) is 0. The lowest BCUT2D eigenvalue weighted by Gasteiger charge is -2.22. The molecule has 0 bridgehead atoms. The van der Waals surface area contributed by atoms with E-state index < -0.39 is 0 Å². The molecular formula is C21H25N5O. The van der Waals surface area contributed by atoms with E-state index in [9.17, 15) is 4.79 Å². The summed E-state index contributed by atoms with van der Waals surface area (Å²) in [5, 5.41) is 8.70. The van der Waals surface area contributed by atoms with Gasteiger partial charge in [-0.15, -0.1) is 10.2 Å². The number of fused-ring (bicyclic) bond motifs is 1. The zero-order valence-corrected chi connectivity index (χ0v) is 15.9. The Bertz CT molecular complexity index is 947. The smallest absolute Gasteiger partial charge is 0.231 e. The number of carbonyl (C=O) groups is 1. The number of nitrogens with zero attached hydrogens (tertiary/aromatic N) is 5. The molecule has 3 heterocycles. The number of aryl methyl sites for hydroxylation is 2. The zero-order valence-electron chi connectivity index (χ0n) is 15.9. The summed E-state index contributed by atoms with van der Waals surface area (Å²) in [5.41, 5.74) is 4.27. The van der Waals surface area contributed by atoms with E-state index in [-0.39, 0.29) is 5.91 Å². The number of rotatable bonds is 3. The van der Waals surface area contributed by atoms with Crippen molar-refractivity contribution in [3.63, 3.8) is 0 Å². The normalized spacial score (nSPS) is 15.2. The first kappa shape index (κ1) is 17.5. The number of anilines is 1. The molecule has 1 fully saturated rings. The highest BCUT2D eigenvalue weighted by atomic mass is 16.2.